The topological polar surface area (TPSA) is 87.5 Å². The van der Waals surface area contributed by atoms with Gasteiger partial charge in [-0.25, -0.2) is 0 Å². The Labute approximate surface area is 208 Å². The van der Waals surface area contributed by atoms with Crippen molar-refractivity contribution in [1.82, 2.24) is 14.8 Å². The van der Waals surface area contributed by atoms with Crippen LogP contribution in [0.15, 0.2) is 78.0 Å². The van der Waals surface area contributed by atoms with Gasteiger partial charge in [0.2, 0.25) is 5.91 Å². The van der Waals surface area contributed by atoms with Crippen LogP contribution in [0.3, 0.4) is 0 Å². The summed E-state index contributed by atoms with van der Waals surface area (Å²) in [6, 6.07) is 22.7. The molecule has 4 rings (SSSR count). The maximum atomic E-state index is 13.0. The molecule has 0 aliphatic rings. The smallest absolute Gasteiger partial charge is 0.237 e. The first kappa shape index (κ1) is 24.2. The zero-order valence-corrected chi connectivity index (χ0v) is 20.7. The van der Waals surface area contributed by atoms with Crippen LogP contribution in [0.25, 0.3) is 17.1 Å². The summed E-state index contributed by atoms with van der Waals surface area (Å²) in [5, 5.41) is 11.9. The molecule has 8 nitrogen and oxygen atoms in total. The van der Waals surface area contributed by atoms with Gasteiger partial charge in [0.25, 0.3) is 0 Å². The number of nitrogens with one attached hydrogen (secondary N) is 1. The van der Waals surface area contributed by atoms with Crippen molar-refractivity contribution in [3.63, 3.8) is 0 Å². The highest BCUT2D eigenvalue weighted by Crippen LogP contribution is 2.32. The van der Waals surface area contributed by atoms with E-state index in [1.165, 1.54) is 11.8 Å². The zero-order chi connectivity index (χ0) is 24.8. The molecule has 9 heteroatoms. The number of aromatic nitrogens is 3. The van der Waals surface area contributed by atoms with Gasteiger partial charge in [-0.15, -0.1) is 10.2 Å². The first-order chi connectivity index (χ1) is 17.0. The molecule has 0 saturated heterocycles. The van der Waals surface area contributed by atoms with Gasteiger partial charge in [0, 0.05) is 35.1 Å². The number of carbonyl (C=O) groups is 1. The van der Waals surface area contributed by atoms with Gasteiger partial charge in [-0.05, 0) is 43.3 Å². The zero-order valence-electron chi connectivity index (χ0n) is 19.9. The molecule has 0 aliphatic heterocycles. The second-order valence-electron chi connectivity index (χ2n) is 7.56. The SMILES string of the molecule is COc1ccc(-c2nnc(SC(C)C(=O)Nc3cc(OC)cc(OC)c3)n2-c2ccccc2)cc1. The molecule has 3 aromatic carbocycles. The average molecular weight is 491 g/mol. The Morgan fingerprint density at radius 1 is 0.857 bits per heavy atom. The van der Waals surface area contributed by atoms with Crippen molar-refractivity contribution in [1.29, 1.82) is 0 Å². The number of ether oxygens (including phenoxy) is 3. The van der Waals surface area contributed by atoms with Gasteiger partial charge >= 0.3 is 0 Å². The molecule has 1 N–H and O–H groups in total. The molecule has 1 heterocycles. The normalized spacial score (nSPS) is 11.5. The Kier molecular flexibility index (Phi) is 7.57. The van der Waals surface area contributed by atoms with Crippen LogP contribution < -0.4 is 19.5 Å². The van der Waals surface area contributed by atoms with Crippen LogP contribution in [0, 0.1) is 0 Å². The standard InChI is InChI=1S/C26H26N4O4S/c1-17(25(31)27-19-14-22(33-3)16-23(15-19)34-4)35-26-29-28-24(18-10-12-21(32-2)13-11-18)30(26)20-8-6-5-7-9-20/h5-17H,1-4H3,(H,27,31). The molecule has 4 aromatic rings. The van der Waals surface area contributed by atoms with Gasteiger partial charge in [0.15, 0.2) is 11.0 Å². The third-order valence-corrected chi connectivity index (χ3v) is 6.31. The highest BCUT2D eigenvalue weighted by atomic mass is 32.2. The van der Waals surface area contributed by atoms with Gasteiger partial charge in [-0.2, -0.15) is 0 Å². The van der Waals surface area contributed by atoms with E-state index in [4.69, 9.17) is 14.2 Å². The minimum absolute atomic E-state index is 0.182. The lowest BCUT2D eigenvalue weighted by molar-refractivity contribution is -0.115. The van der Waals surface area contributed by atoms with E-state index in [9.17, 15) is 4.79 Å². The molecular weight excluding hydrogens is 464 g/mol. The van der Waals surface area contributed by atoms with Crippen LogP contribution in [0.1, 0.15) is 6.92 Å². The summed E-state index contributed by atoms with van der Waals surface area (Å²) in [6.45, 7) is 1.83. The molecule has 0 radical (unpaired) electrons. The number of amides is 1. The molecule has 1 atom stereocenters. The minimum atomic E-state index is -0.456. The second kappa shape index (κ2) is 11.0. The van der Waals surface area contributed by atoms with Crippen LogP contribution in [-0.2, 0) is 4.79 Å². The predicted molar refractivity (Wildman–Crippen MR) is 137 cm³/mol. The van der Waals surface area contributed by atoms with E-state index in [0.717, 1.165) is 17.0 Å². The van der Waals surface area contributed by atoms with E-state index in [-0.39, 0.29) is 5.91 Å². The van der Waals surface area contributed by atoms with Crippen molar-refractivity contribution in [3.05, 3.63) is 72.8 Å². The summed E-state index contributed by atoms with van der Waals surface area (Å²) in [7, 11) is 4.76. The number of methoxy groups -OCH3 is 3. The van der Waals surface area contributed by atoms with Crippen LogP contribution in [0.2, 0.25) is 0 Å². The number of rotatable bonds is 9. The molecule has 180 valence electrons. The maximum Gasteiger partial charge on any atom is 0.237 e. The summed E-state index contributed by atoms with van der Waals surface area (Å²) in [5.41, 5.74) is 2.37. The van der Waals surface area contributed by atoms with Gasteiger partial charge in [0.05, 0.1) is 26.6 Å². The van der Waals surface area contributed by atoms with Crippen molar-refractivity contribution in [2.24, 2.45) is 0 Å². The first-order valence-electron chi connectivity index (χ1n) is 10.9. The molecule has 35 heavy (non-hydrogen) atoms. The molecule has 1 unspecified atom stereocenters. The summed E-state index contributed by atoms with van der Waals surface area (Å²) >= 11 is 1.33. The molecule has 0 bridgehead atoms. The van der Waals surface area contributed by atoms with Crippen molar-refractivity contribution in [2.75, 3.05) is 26.6 Å². The molecule has 0 aliphatic carbocycles. The first-order valence-corrected chi connectivity index (χ1v) is 11.8. The maximum absolute atomic E-state index is 13.0. The number of anilines is 1. The summed E-state index contributed by atoms with van der Waals surface area (Å²) in [6.07, 6.45) is 0. The van der Waals surface area contributed by atoms with Crippen LogP contribution >= 0.6 is 11.8 Å². The second-order valence-corrected chi connectivity index (χ2v) is 8.86. The molecular formula is C26H26N4O4S. The lowest BCUT2D eigenvalue weighted by atomic mass is 10.2. The average Bonchev–Trinajstić information content (AvgIpc) is 3.32. The lowest BCUT2D eigenvalue weighted by Gasteiger charge is -2.15. The number of nitrogens with zero attached hydrogens (tertiary/aromatic N) is 3. The lowest BCUT2D eigenvalue weighted by Crippen LogP contribution is -2.23. The summed E-state index contributed by atoms with van der Waals surface area (Å²) < 4.78 is 17.8. The number of hydrogen-bond donors (Lipinski definition) is 1. The highest BCUT2D eigenvalue weighted by Gasteiger charge is 2.22. The fourth-order valence-electron chi connectivity index (χ4n) is 3.42. The Hall–Kier alpha value is -3.98. The van der Waals surface area contributed by atoms with Gasteiger partial charge in [-0.1, -0.05) is 30.0 Å². The van der Waals surface area contributed by atoms with E-state index < -0.39 is 5.25 Å². The number of carbonyl (C=O) groups excluding carboxylic acids is 1. The monoisotopic (exact) mass is 490 g/mol. The van der Waals surface area contributed by atoms with E-state index in [1.807, 2.05) is 66.1 Å². The Balaban J connectivity index is 1.61. The van der Waals surface area contributed by atoms with Crippen molar-refractivity contribution < 1.29 is 19.0 Å². The quantitative estimate of drug-likeness (QED) is 0.327. The van der Waals surface area contributed by atoms with E-state index >= 15 is 0 Å². The molecule has 0 spiro atoms. The van der Waals surface area contributed by atoms with Crippen LogP contribution in [0.4, 0.5) is 5.69 Å². The van der Waals surface area contributed by atoms with E-state index in [0.29, 0.717) is 28.2 Å². The van der Waals surface area contributed by atoms with Gasteiger partial charge in [-0.3, -0.25) is 9.36 Å². The molecule has 0 saturated carbocycles. The van der Waals surface area contributed by atoms with E-state index in [1.54, 1.807) is 39.5 Å². The third-order valence-electron chi connectivity index (χ3n) is 5.27. The van der Waals surface area contributed by atoms with Crippen LogP contribution in [0.5, 0.6) is 17.2 Å². The van der Waals surface area contributed by atoms with E-state index in [2.05, 4.69) is 15.5 Å². The minimum Gasteiger partial charge on any atom is -0.497 e. The summed E-state index contributed by atoms with van der Waals surface area (Å²) in [4.78, 5) is 13.0. The fraction of sp³-hybridized carbons (Fsp3) is 0.192. The number of hydrogen-bond acceptors (Lipinski definition) is 7. The highest BCUT2D eigenvalue weighted by molar-refractivity contribution is 8.00. The Morgan fingerprint density at radius 3 is 2.09 bits per heavy atom. The van der Waals surface area contributed by atoms with Crippen LogP contribution in [-0.4, -0.2) is 47.3 Å². The number of para-hydroxylation sites is 1. The number of benzene rings is 3. The van der Waals surface area contributed by atoms with Crippen molar-refractivity contribution >= 4 is 23.4 Å². The van der Waals surface area contributed by atoms with Crippen molar-refractivity contribution in [2.45, 2.75) is 17.3 Å². The number of thioether (sulfide) groups is 1. The Morgan fingerprint density at radius 2 is 1.49 bits per heavy atom. The van der Waals surface area contributed by atoms with Gasteiger partial charge < -0.3 is 19.5 Å². The fourth-order valence-corrected chi connectivity index (χ4v) is 4.29. The van der Waals surface area contributed by atoms with Crippen molar-refractivity contribution in [3.8, 4) is 34.3 Å². The third kappa shape index (κ3) is 5.58. The summed E-state index contributed by atoms with van der Waals surface area (Å²) in [5.74, 6) is 2.43. The predicted octanol–water partition coefficient (Wildman–Crippen LogP) is 5.08. The molecule has 1 aromatic heterocycles. The van der Waals surface area contributed by atoms with Gasteiger partial charge in [0.1, 0.15) is 17.2 Å². The Bertz CT molecular complexity index is 1270. The largest absolute Gasteiger partial charge is 0.497 e. The molecule has 0 fully saturated rings. The molecule has 1 amide bonds.